The molecular formula is C9H9Cl2NO4S. The van der Waals surface area contributed by atoms with Crippen LogP contribution in [0.25, 0.3) is 0 Å². The number of hydrogen-bond donors (Lipinski definition) is 1. The van der Waals surface area contributed by atoms with Gasteiger partial charge in [0.2, 0.25) is 0 Å². The fourth-order valence-electron chi connectivity index (χ4n) is 0.973. The Morgan fingerprint density at radius 1 is 1.35 bits per heavy atom. The molecule has 1 aromatic rings. The first kappa shape index (κ1) is 14.1. The van der Waals surface area contributed by atoms with Gasteiger partial charge in [-0.1, -0.05) is 23.2 Å². The van der Waals surface area contributed by atoms with Crippen LogP contribution in [-0.2, 0) is 14.8 Å². The molecule has 0 fully saturated rings. The van der Waals surface area contributed by atoms with Crippen LogP contribution >= 0.6 is 23.2 Å². The van der Waals surface area contributed by atoms with Gasteiger partial charge in [-0.05, 0) is 25.1 Å². The second-order valence-corrected chi connectivity index (χ2v) is 5.40. The second kappa shape index (κ2) is 5.57. The molecule has 0 aliphatic carbocycles. The average Bonchev–Trinajstić information content (AvgIpc) is 2.21. The maximum atomic E-state index is 11.7. The highest BCUT2D eigenvalue weighted by molar-refractivity contribution is 7.90. The summed E-state index contributed by atoms with van der Waals surface area (Å²) in [6.07, 6.45) is -1.04. The number of nitrogens with one attached hydrogen (secondary N) is 1. The van der Waals surface area contributed by atoms with Gasteiger partial charge >= 0.3 is 6.09 Å². The van der Waals surface area contributed by atoms with E-state index in [0.29, 0.717) is 0 Å². The third-order valence-corrected chi connectivity index (χ3v) is 3.74. The molecule has 1 rings (SSSR count). The van der Waals surface area contributed by atoms with Gasteiger partial charge in [-0.15, -0.1) is 0 Å². The van der Waals surface area contributed by atoms with Crippen molar-refractivity contribution in [3.8, 4) is 0 Å². The van der Waals surface area contributed by atoms with Gasteiger partial charge in [-0.3, -0.25) is 0 Å². The van der Waals surface area contributed by atoms with Gasteiger partial charge in [0.25, 0.3) is 10.0 Å². The third-order valence-electron chi connectivity index (χ3n) is 1.69. The molecule has 1 aromatic carbocycles. The van der Waals surface area contributed by atoms with Gasteiger partial charge in [0.15, 0.2) is 0 Å². The molecule has 0 spiro atoms. The first-order valence-electron chi connectivity index (χ1n) is 4.51. The fourth-order valence-corrected chi connectivity index (χ4v) is 2.25. The molecule has 94 valence electrons. The number of carbonyl (C=O) groups excluding carboxylic acids is 1. The Labute approximate surface area is 109 Å². The normalized spacial score (nSPS) is 11.0. The Bertz CT molecular complexity index is 530. The smallest absolute Gasteiger partial charge is 0.421 e. The molecule has 17 heavy (non-hydrogen) atoms. The number of halogens is 2. The summed E-state index contributed by atoms with van der Waals surface area (Å²) in [5.74, 6) is 0. The van der Waals surface area contributed by atoms with Crippen molar-refractivity contribution >= 4 is 39.3 Å². The van der Waals surface area contributed by atoms with E-state index < -0.39 is 16.1 Å². The Morgan fingerprint density at radius 2 is 2.00 bits per heavy atom. The van der Waals surface area contributed by atoms with Crippen molar-refractivity contribution in [2.24, 2.45) is 0 Å². The monoisotopic (exact) mass is 297 g/mol. The maximum absolute atomic E-state index is 11.7. The van der Waals surface area contributed by atoms with E-state index >= 15 is 0 Å². The minimum Gasteiger partial charge on any atom is -0.449 e. The van der Waals surface area contributed by atoms with Gasteiger partial charge in [-0.2, -0.15) is 0 Å². The van der Waals surface area contributed by atoms with Crippen LogP contribution in [0.3, 0.4) is 0 Å². The van der Waals surface area contributed by atoms with Crippen molar-refractivity contribution in [2.75, 3.05) is 6.61 Å². The summed E-state index contributed by atoms with van der Waals surface area (Å²) in [7, 11) is -3.99. The van der Waals surface area contributed by atoms with Gasteiger partial charge in [-0.25, -0.2) is 17.9 Å². The summed E-state index contributed by atoms with van der Waals surface area (Å²) < 4.78 is 29.5. The van der Waals surface area contributed by atoms with Crippen LogP contribution in [0.2, 0.25) is 10.0 Å². The molecule has 0 aliphatic heterocycles. The predicted octanol–water partition coefficient (Wildman–Crippen LogP) is 2.43. The molecule has 0 unspecified atom stereocenters. The van der Waals surface area contributed by atoms with Gasteiger partial charge in [0.1, 0.15) is 0 Å². The zero-order chi connectivity index (χ0) is 13.1. The van der Waals surface area contributed by atoms with Crippen LogP contribution in [0, 0.1) is 0 Å². The highest BCUT2D eigenvalue weighted by atomic mass is 35.5. The van der Waals surface area contributed by atoms with Crippen LogP contribution < -0.4 is 4.72 Å². The average molecular weight is 298 g/mol. The molecule has 0 aliphatic rings. The molecule has 0 bridgehead atoms. The summed E-state index contributed by atoms with van der Waals surface area (Å²) in [5, 5.41) is 0.306. The molecule has 0 saturated carbocycles. The number of sulfonamides is 1. The zero-order valence-electron chi connectivity index (χ0n) is 8.74. The van der Waals surface area contributed by atoms with E-state index in [1.165, 1.54) is 12.1 Å². The molecule has 8 heteroatoms. The van der Waals surface area contributed by atoms with Crippen molar-refractivity contribution in [3.05, 3.63) is 28.2 Å². The lowest BCUT2D eigenvalue weighted by atomic mass is 10.4. The van der Waals surface area contributed by atoms with Crippen LogP contribution in [0.4, 0.5) is 4.79 Å². The number of amides is 1. The largest absolute Gasteiger partial charge is 0.449 e. The minimum atomic E-state index is -3.99. The number of carbonyl (C=O) groups is 1. The van der Waals surface area contributed by atoms with Crippen molar-refractivity contribution in [1.82, 2.24) is 4.72 Å². The number of ether oxygens (including phenoxy) is 1. The standard InChI is InChI=1S/C9H9Cl2NO4S/c1-2-16-9(13)12-17(14,15)6-3-4-7(10)8(11)5-6/h3-5H,2H2,1H3,(H,12,13). The molecular weight excluding hydrogens is 289 g/mol. The second-order valence-electron chi connectivity index (χ2n) is 2.90. The Kier molecular flexibility index (Phi) is 4.62. The molecule has 0 atom stereocenters. The van der Waals surface area contributed by atoms with E-state index in [1.807, 2.05) is 0 Å². The highest BCUT2D eigenvalue weighted by Gasteiger charge is 2.19. The fraction of sp³-hybridized carbons (Fsp3) is 0.222. The van der Waals surface area contributed by atoms with E-state index in [0.717, 1.165) is 6.07 Å². The summed E-state index contributed by atoms with van der Waals surface area (Å²) in [4.78, 5) is 10.8. The van der Waals surface area contributed by atoms with Crippen LogP contribution in [0.5, 0.6) is 0 Å². The number of rotatable bonds is 3. The first-order chi connectivity index (χ1) is 7.86. The lowest BCUT2D eigenvalue weighted by Crippen LogP contribution is -2.31. The van der Waals surface area contributed by atoms with E-state index in [9.17, 15) is 13.2 Å². The quantitative estimate of drug-likeness (QED) is 0.930. The van der Waals surface area contributed by atoms with Crippen molar-refractivity contribution in [3.63, 3.8) is 0 Å². The molecule has 0 heterocycles. The maximum Gasteiger partial charge on any atom is 0.421 e. The molecule has 0 radical (unpaired) electrons. The van der Waals surface area contributed by atoms with Gasteiger partial charge in [0, 0.05) is 0 Å². The zero-order valence-corrected chi connectivity index (χ0v) is 11.1. The van der Waals surface area contributed by atoms with Crippen molar-refractivity contribution in [1.29, 1.82) is 0 Å². The van der Waals surface area contributed by atoms with Crippen LogP contribution in [0.1, 0.15) is 6.92 Å². The predicted molar refractivity (Wildman–Crippen MR) is 63.8 cm³/mol. The Morgan fingerprint density at radius 3 is 2.53 bits per heavy atom. The van der Waals surface area contributed by atoms with Gasteiger partial charge < -0.3 is 4.74 Å². The van der Waals surface area contributed by atoms with Crippen LogP contribution in [0.15, 0.2) is 23.1 Å². The van der Waals surface area contributed by atoms with Crippen LogP contribution in [-0.4, -0.2) is 21.1 Å². The highest BCUT2D eigenvalue weighted by Crippen LogP contribution is 2.24. The summed E-state index contributed by atoms with van der Waals surface area (Å²) >= 11 is 11.3. The number of hydrogen-bond acceptors (Lipinski definition) is 4. The summed E-state index contributed by atoms with van der Waals surface area (Å²) in [5.41, 5.74) is 0. The summed E-state index contributed by atoms with van der Waals surface area (Å²) in [6.45, 7) is 1.63. The topological polar surface area (TPSA) is 72.5 Å². The van der Waals surface area contributed by atoms with E-state index in [1.54, 1.807) is 11.6 Å². The number of benzene rings is 1. The SMILES string of the molecule is CCOC(=O)NS(=O)(=O)c1ccc(Cl)c(Cl)c1. The van der Waals surface area contributed by atoms with Crippen molar-refractivity contribution in [2.45, 2.75) is 11.8 Å². The van der Waals surface area contributed by atoms with Gasteiger partial charge in [0.05, 0.1) is 21.5 Å². The van der Waals surface area contributed by atoms with E-state index in [4.69, 9.17) is 23.2 Å². The Hall–Kier alpha value is -0.980. The minimum absolute atomic E-state index is 0.0722. The lowest BCUT2D eigenvalue weighted by Gasteiger charge is -2.07. The molecule has 0 saturated heterocycles. The molecule has 5 nitrogen and oxygen atoms in total. The first-order valence-corrected chi connectivity index (χ1v) is 6.75. The summed E-state index contributed by atoms with van der Waals surface area (Å²) in [6, 6.07) is 3.70. The molecule has 1 amide bonds. The van der Waals surface area contributed by atoms with E-state index in [-0.39, 0.29) is 21.5 Å². The van der Waals surface area contributed by atoms with Crippen molar-refractivity contribution < 1.29 is 17.9 Å². The Balaban J connectivity index is 2.97. The van der Waals surface area contributed by atoms with E-state index in [2.05, 4.69) is 4.74 Å². The molecule has 0 aromatic heterocycles. The third kappa shape index (κ3) is 3.76. The lowest BCUT2D eigenvalue weighted by molar-refractivity contribution is 0.158. The molecule has 1 N–H and O–H groups in total.